The van der Waals surface area contributed by atoms with Gasteiger partial charge in [0.15, 0.2) is 0 Å². The highest BCUT2D eigenvalue weighted by Crippen LogP contribution is 2.32. The maximum Gasteiger partial charge on any atom is 0.136 e. The van der Waals surface area contributed by atoms with Crippen LogP contribution in [0.2, 0.25) is 5.15 Å². The summed E-state index contributed by atoms with van der Waals surface area (Å²) in [6, 6.07) is 2.10. The second kappa shape index (κ2) is 4.93. The first-order valence-corrected chi connectivity index (χ1v) is 6.53. The van der Waals surface area contributed by atoms with Crippen molar-refractivity contribution in [3.63, 3.8) is 0 Å². The molecule has 0 saturated heterocycles. The molecule has 0 N–H and O–H groups in total. The highest BCUT2D eigenvalue weighted by molar-refractivity contribution is 7.13. The van der Waals surface area contributed by atoms with Crippen molar-refractivity contribution in [1.82, 2.24) is 9.97 Å². The molecule has 0 aliphatic heterocycles. The van der Waals surface area contributed by atoms with Gasteiger partial charge in [0.25, 0.3) is 0 Å². The minimum absolute atomic E-state index is 0.583. The number of hydrogen-bond acceptors (Lipinski definition) is 3. The Balaban J connectivity index is 2.56. The molecule has 0 unspecified atom stereocenters. The smallest absolute Gasteiger partial charge is 0.136 e. The first-order chi connectivity index (χ1) is 7.74. The Hall–Kier alpha value is -0.930. The molecule has 0 aliphatic carbocycles. The summed E-state index contributed by atoms with van der Waals surface area (Å²) in [7, 11) is 0. The van der Waals surface area contributed by atoms with Gasteiger partial charge in [-0.05, 0) is 30.4 Å². The molecule has 0 aromatic carbocycles. The van der Waals surface area contributed by atoms with Crippen molar-refractivity contribution in [1.29, 1.82) is 0 Å². The minimum atomic E-state index is 0.583. The van der Waals surface area contributed by atoms with Crippen LogP contribution in [-0.4, -0.2) is 9.97 Å². The molecule has 0 fully saturated rings. The topological polar surface area (TPSA) is 25.8 Å². The van der Waals surface area contributed by atoms with Gasteiger partial charge in [-0.2, -0.15) is 0 Å². The maximum absolute atomic E-state index is 6.13. The monoisotopic (exact) mass is 252 g/mol. The van der Waals surface area contributed by atoms with E-state index in [-0.39, 0.29) is 0 Å². The molecule has 2 rings (SSSR count). The molecule has 2 nitrogen and oxygen atoms in total. The fourth-order valence-corrected chi connectivity index (χ4v) is 2.85. The Labute approximate surface area is 104 Å². The van der Waals surface area contributed by atoms with E-state index in [0.29, 0.717) is 5.15 Å². The van der Waals surface area contributed by atoms with Gasteiger partial charge in [0.05, 0.1) is 10.6 Å². The average molecular weight is 253 g/mol. The van der Waals surface area contributed by atoms with Gasteiger partial charge in [0, 0.05) is 5.56 Å². The Kier molecular flexibility index (Phi) is 3.56. The third-order valence-electron chi connectivity index (χ3n) is 2.47. The summed E-state index contributed by atoms with van der Waals surface area (Å²) in [4.78, 5) is 9.63. The second-order valence-corrected chi connectivity index (χ2v) is 4.95. The molecular weight excluding hydrogens is 240 g/mol. The summed E-state index contributed by atoms with van der Waals surface area (Å²) >= 11 is 7.83. The van der Waals surface area contributed by atoms with Crippen LogP contribution < -0.4 is 0 Å². The number of thiophene rings is 1. The van der Waals surface area contributed by atoms with Crippen LogP contribution in [0, 0.1) is 6.92 Å². The van der Waals surface area contributed by atoms with E-state index in [1.165, 1.54) is 16.8 Å². The zero-order valence-electron chi connectivity index (χ0n) is 9.33. The lowest BCUT2D eigenvalue weighted by Gasteiger charge is -2.07. The van der Waals surface area contributed by atoms with Crippen molar-refractivity contribution in [3.8, 4) is 10.6 Å². The van der Waals surface area contributed by atoms with E-state index < -0.39 is 0 Å². The summed E-state index contributed by atoms with van der Waals surface area (Å²) in [6.45, 7) is 4.23. The van der Waals surface area contributed by atoms with E-state index in [0.717, 1.165) is 24.1 Å². The quantitative estimate of drug-likeness (QED) is 0.768. The van der Waals surface area contributed by atoms with Crippen LogP contribution in [0.1, 0.15) is 24.5 Å². The van der Waals surface area contributed by atoms with Crippen molar-refractivity contribution in [2.45, 2.75) is 26.7 Å². The van der Waals surface area contributed by atoms with E-state index in [9.17, 15) is 0 Å². The minimum Gasteiger partial charge on any atom is -0.235 e. The molecule has 0 saturated carbocycles. The number of nitrogens with zero attached hydrogens (tertiary/aromatic N) is 2. The fraction of sp³-hybridized carbons (Fsp3) is 0.333. The third-order valence-corrected chi connectivity index (χ3v) is 3.82. The van der Waals surface area contributed by atoms with Crippen molar-refractivity contribution in [2.24, 2.45) is 0 Å². The largest absolute Gasteiger partial charge is 0.235 e. The van der Waals surface area contributed by atoms with Gasteiger partial charge < -0.3 is 0 Å². The van der Waals surface area contributed by atoms with Crippen molar-refractivity contribution < 1.29 is 0 Å². The van der Waals surface area contributed by atoms with Crippen LogP contribution in [0.3, 0.4) is 0 Å². The molecule has 0 amide bonds. The van der Waals surface area contributed by atoms with Gasteiger partial charge in [-0.25, -0.2) is 9.97 Å². The van der Waals surface area contributed by atoms with Gasteiger partial charge in [0.1, 0.15) is 11.5 Å². The van der Waals surface area contributed by atoms with Gasteiger partial charge in [-0.3, -0.25) is 0 Å². The summed E-state index contributed by atoms with van der Waals surface area (Å²) < 4.78 is 0. The molecule has 0 bridgehead atoms. The molecule has 16 heavy (non-hydrogen) atoms. The van der Waals surface area contributed by atoms with E-state index in [4.69, 9.17) is 11.6 Å². The number of halogens is 1. The van der Waals surface area contributed by atoms with E-state index in [1.54, 1.807) is 11.3 Å². The van der Waals surface area contributed by atoms with Gasteiger partial charge in [-0.1, -0.05) is 24.9 Å². The first kappa shape index (κ1) is 11.6. The van der Waals surface area contributed by atoms with Gasteiger partial charge in [0.2, 0.25) is 0 Å². The molecule has 0 radical (unpaired) electrons. The second-order valence-electron chi connectivity index (χ2n) is 3.67. The van der Waals surface area contributed by atoms with Crippen LogP contribution in [0.15, 0.2) is 17.8 Å². The summed E-state index contributed by atoms with van der Waals surface area (Å²) in [5, 5.41) is 2.66. The number of aromatic nitrogens is 2. The Morgan fingerprint density at radius 1 is 1.38 bits per heavy atom. The van der Waals surface area contributed by atoms with E-state index in [1.807, 2.05) is 0 Å². The summed E-state index contributed by atoms with van der Waals surface area (Å²) in [5.41, 5.74) is 3.31. The molecule has 0 aliphatic rings. The van der Waals surface area contributed by atoms with Crippen molar-refractivity contribution >= 4 is 22.9 Å². The Morgan fingerprint density at radius 3 is 2.81 bits per heavy atom. The molecule has 2 heterocycles. The van der Waals surface area contributed by atoms with Crippen LogP contribution >= 0.6 is 22.9 Å². The number of hydrogen-bond donors (Lipinski definition) is 0. The molecule has 4 heteroatoms. The fourth-order valence-electron chi connectivity index (χ4n) is 1.67. The zero-order chi connectivity index (χ0) is 11.5. The predicted molar refractivity (Wildman–Crippen MR) is 69.1 cm³/mol. The molecule has 0 spiro atoms. The van der Waals surface area contributed by atoms with Gasteiger partial charge in [-0.15, -0.1) is 11.3 Å². The Bertz CT molecular complexity index is 494. The van der Waals surface area contributed by atoms with Crippen molar-refractivity contribution in [2.75, 3.05) is 0 Å². The SMILES string of the molecule is CCCc1c(Cl)ncnc1-c1sccc1C. The molecule has 2 aromatic heterocycles. The maximum atomic E-state index is 6.13. The van der Waals surface area contributed by atoms with Crippen LogP contribution in [0.5, 0.6) is 0 Å². The lowest BCUT2D eigenvalue weighted by molar-refractivity contribution is 0.904. The van der Waals surface area contributed by atoms with Crippen LogP contribution in [0.25, 0.3) is 10.6 Å². The van der Waals surface area contributed by atoms with Gasteiger partial charge >= 0.3 is 0 Å². The standard InChI is InChI=1S/C12H13ClN2S/c1-3-4-9-10(14-7-15-12(9)13)11-8(2)5-6-16-11/h5-7H,3-4H2,1-2H3. The lowest BCUT2D eigenvalue weighted by atomic mass is 10.1. The highest BCUT2D eigenvalue weighted by atomic mass is 35.5. The lowest BCUT2D eigenvalue weighted by Crippen LogP contribution is -1.96. The molecule has 0 atom stereocenters. The predicted octanol–water partition coefficient (Wildman–Crippen LogP) is 4.12. The van der Waals surface area contributed by atoms with Crippen molar-refractivity contribution in [3.05, 3.63) is 34.1 Å². The number of rotatable bonds is 3. The summed E-state index contributed by atoms with van der Waals surface area (Å²) in [6.07, 6.45) is 3.51. The van der Waals surface area contributed by atoms with Crippen LogP contribution in [0.4, 0.5) is 0 Å². The molecule has 84 valence electrons. The summed E-state index contributed by atoms with van der Waals surface area (Å²) in [5.74, 6) is 0. The average Bonchev–Trinajstić information content (AvgIpc) is 2.68. The Morgan fingerprint density at radius 2 is 2.19 bits per heavy atom. The van der Waals surface area contributed by atoms with E-state index in [2.05, 4.69) is 35.3 Å². The molecular formula is C12H13ClN2S. The highest BCUT2D eigenvalue weighted by Gasteiger charge is 2.13. The molecule has 2 aromatic rings. The number of aryl methyl sites for hydroxylation is 1. The first-order valence-electron chi connectivity index (χ1n) is 5.28. The van der Waals surface area contributed by atoms with E-state index >= 15 is 0 Å². The van der Waals surface area contributed by atoms with Crippen LogP contribution in [-0.2, 0) is 6.42 Å². The zero-order valence-corrected chi connectivity index (χ0v) is 10.9. The normalized spacial score (nSPS) is 10.7. The third kappa shape index (κ3) is 2.11.